The topological polar surface area (TPSA) is 122 Å². The second kappa shape index (κ2) is 9.36. The average molecular weight is 399 g/mol. The van der Waals surface area contributed by atoms with Crippen LogP contribution in [0.5, 0.6) is 0 Å². The van der Waals surface area contributed by atoms with E-state index in [2.05, 4.69) is 5.32 Å². The highest BCUT2D eigenvalue weighted by molar-refractivity contribution is 7.92. The summed E-state index contributed by atoms with van der Waals surface area (Å²) < 4.78 is 30.0. The van der Waals surface area contributed by atoms with E-state index in [1.807, 2.05) is 5.32 Å². The molecule has 3 amide bonds. The Morgan fingerprint density at radius 1 is 1.15 bits per heavy atom. The molecule has 1 aromatic carbocycles. The molecule has 10 heteroatoms. The lowest BCUT2D eigenvalue weighted by Crippen LogP contribution is -2.47. The summed E-state index contributed by atoms with van der Waals surface area (Å²) in [6.07, 6.45) is -0.298. The lowest BCUT2D eigenvalue weighted by Gasteiger charge is -2.24. The number of benzene rings is 1. The van der Waals surface area contributed by atoms with Crippen LogP contribution in [-0.2, 0) is 24.3 Å². The zero-order valence-electron chi connectivity index (χ0n) is 16.0. The molecule has 0 saturated heterocycles. The zero-order chi connectivity index (χ0) is 20.8. The Balaban J connectivity index is 2.79. The molecule has 0 aliphatic carbocycles. The molecule has 0 fully saturated rings. The molecule has 0 aliphatic heterocycles. The Kier molecular flexibility index (Phi) is 7.77. The molecule has 2 N–H and O–H groups in total. The predicted molar refractivity (Wildman–Crippen MR) is 101 cm³/mol. The third kappa shape index (κ3) is 7.26. The number of rotatable bonds is 7. The van der Waals surface area contributed by atoms with Gasteiger partial charge in [-0.05, 0) is 39.3 Å². The fourth-order valence-electron chi connectivity index (χ4n) is 2.14. The molecule has 0 radical (unpaired) electrons. The summed E-state index contributed by atoms with van der Waals surface area (Å²) in [7, 11) is -3.76. The van der Waals surface area contributed by atoms with E-state index < -0.39 is 40.6 Å². The zero-order valence-corrected chi connectivity index (χ0v) is 16.8. The molecular formula is C17H25N3O6S. The molecule has 1 aromatic rings. The van der Waals surface area contributed by atoms with Crippen LogP contribution in [0.3, 0.4) is 0 Å². The Morgan fingerprint density at radius 3 is 2.26 bits per heavy atom. The number of para-hydroxylation sites is 1. The van der Waals surface area contributed by atoms with E-state index in [4.69, 9.17) is 4.74 Å². The van der Waals surface area contributed by atoms with Crippen LogP contribution in [0.4, 0.5) is 10.5 Å². The number of urea groups is 1. The number of nitrogens with one attached hydrogen (secondary N) is 2. The van der Waals surface area contributed by atoms with Crippen molar-refractivity contribution in [1.29, 1.82) is 0 Å². The van der Waals surface area contributed by atoms with Gasteiger partial charge in [0.1, 0.15) is 6.54 Å². The van der Waals surface area contributed by atoms with Crippen molar-refractivity contribution in [3.05, 3.63) is 29.8 Å². The predicted octanol–water partition coefficient (Wildman–Crippen LogP) is 0.927. The number of amides is 3. The van der Waals surface area contributed by atoms with Crippen molar-refractivity contribution < 1.29 is 27.5 Å². The maximum atomic E-state index is 12.2. The second-order valence-corrected chi connectivity index (χ2v) is 8.21. The Labute approximate surface area is 159 Å². The van der Waals surface area contributed by atoms with Gasteiger partial charge in [-0.2, -0.15) is 0 Å². The van der Waals surface area contributed by atoms with Crippen LogP contribution in [-0.4, -0.2) is 51.3 Å². The van der Waals surface area contributed by atoms with Gasteiger partial charge in [0, 0.05) is 6.04 Å². The van der Waals surface area contributed by atoms with Crippen LogP contribution in [0.25, 0.3) is 0 Å². The van der Waals surface area contributed by atoms with E-state index in [1.54, 1.807) is 45.0 Å². The summed E-state index contributed by atoms with van der Waals surface area (Å²) in [4.78, 5) is 35.6. The summed E-state index contributed by atoms with van der Waals surface area (Å²) in [5, 5.41) is 4.51. The van der Waals surface area contributed by atoms with Crippen molar-refractivity contribution in [3.8, 4) is 0 Å². The van der Waals surface area contributed by atoms with Crippen LogP contribution in [0.1, 0.15) is 26.3 Å². The summed E-state index contributed by atoms with van der Waals surface area (Å²) in [5.41, 5.74) is 0.997. The smallest absolute Gasteiger partial charge is 0.327 e. The number of hydrogen-bond acceptors (Lipinski definition) is 6. The van der Waals surface area contributed by atoms with Gasteiger partial charge >= 0.3 is 12.0 Å². The van der Waals surface area contributed by atoms with Crippen LogP contribution in [0.15, 0.2) is 24.3 Å². The monoisotopic (exact) mass is 399 g/mol. The van der Waals surface area contributed by atoms with Crippen molar-refractivity contribution in [2.24, 2.45) is 0 Å². The average Bonchev–Trinajstić information content (AvgIpc) is 2.51. The van der Waals surface area contributed by atoms with Gasteiger partial charge in [0.15, 0.2) is 6.10 Å². The van der Waals surface area contributed by atoms with Crippen LogP contribution in [0, 0.1) is 6.92 Å². The normalized spacial score (nSPS) is 12.2. The van der Waals surface area contributed by atoms with Gasteiger partial charge in [0.2, 0.25) is 10.0 Å². The van der Waals surface area contributed by atoms with E-state index in [1.165, 1.54) is 6.92 Å². The fraction of sp³-hybridized carbons (Fsp3) is 0.471. The standard InChI is InChI=1S/C17H25N3O6S/c1-11(2)18-17(23)19-16(22)13(4)26-15(21)10-20(27(5,24)25)14-9-7-6-8-12(14)3/h6-9,11,13H,10H2,1-5H3,(H2,18,19,22,23)/t13-/m0/s1. The highest BCUT2D eigenvalue weighted by Gasteiger charge is 2.26. The molecule has 0 aliphatic rings. The van der Waals surface area contributed by atoms with Crippen molar-refractivity contribution in [3.63, 3.8) is 0 Å². The van der Waals surface area contributed by atoms with Crippen molar-refractivity contribution >= 4 is 33.6 Å². The third-order valence-electron chi connectivity index (χ3n) is 3.39. The Hall–Kier alpha value is -2.62. The third-order valence-corrected chi connectivity index (χ3v) is 4.52. The lowest BCUT2D eigenvalue weighted by atomic mass is 10.2. The van der Waals surface area contributed by atoms with Crippen molar-refractivity contribution in [2.75, 3.05) is 17.1 Å². The molecule has 0 spiro atoms. The number of carbonyl (C=O) groups is 3. The van der Waals surface area contributed by atoms with Crippen LogP contribution < -0.4 is 14.9 Å². The van der Waals surface area contributed by atoms with Gasteiger partial charge in [-0.1, -0.05) is 18.2 Å². The molecule has 27 heavy (non-hydrogen) atoms. The quantitative estimate of drug-likeness (QED) is 0.658. The summed E-state index contributed by atoms with van der Waals surface area (Å²) in [5.74, 6) is -1.74. The maximum absolute atomic E-state index is 12.2. The Morgan fingerprint density at radius 2 is 1.74 bits per heavy atom. The first-order chi connectivity index (χ1) is 12.4. The number of hydrogen-bond donors (Lipinski definition) is 2. The summed E-state index contributed by atoms with van der Waals surface area (Å²) >= 11 is 0. The van der Waals surface area contributed by atoms with E-state index >= 15 is 0 Å². The molecule has 0 heterocycles. The van der Waals surface area contributed by atoms with Crippen LogP contribution in [0.2, 0.25) is 0 Å². The van der Waals surface area contributed by atoms with Crippen LogP contribution >= 0.6 is 0 Å². The number of esters is 1. The minimum absolute atomic E-state index is 0.173. The molecule has 0 bridgehead atoms. The first-order valence-electron chi connectivity index (χ1n) is 8.26. The first kappa shape index (κ1) is 22.4. The number of aryl methyl sites for hydroxylation is 1. The van der Waals surface area contributed by atoms with Gasteiger partial charge in [0.05, 0.1) is 11.9 Å². The Bertz CT molecular complexity index is 807. The number of sulfonamides is 1. The largest absolute Gasteiger partial charge is 0.451 e. The first-order valence-corrected chi connectivity index (χ1v) is 10.1. The van der Waals surface area contributed by atoms with Crippen molar-refractivity contribution in [1.82, 2.24) is 10.6 Å². The minimum Gasteiger partial charge on any atom is -0.451 e. The number of ether oxygens (including phenoxy) is 1. The maximum Gasteiger partial charge on any atom is 0.327 e. The van der Waals surface area contributed by atoms with E-state index in [0.29, 0.717) is 11.3 Å². The SMILES string of the molecule is Cc1ccccc1N(CC(=O)O[C@@H](C)C(=O)NC(=O)NC(C)C)S(C)(=O)=O. The lowest BCUT2D eigenvalue weighted by molar-refractivity contribution is -0.152. The second-order valence-electron chi connectivity index (χ2n) is 6.31. The molecule has 0 saturated carbocycles. The van der Waals surface area contributed by atoms with E-state index in [0.717, 1.165) is 10.6 Å². The highest BCUT2D eigenvalue weighted by atomic mass is 32.2. The van der Waals surface area contributed by atoms with Gasteiger partial charge in [-0.25, -0.2) is 13.2 Å². The molecule has 0 aromatic heterocycles. The van der Waals surface area contributed by atoms with Crippen molar-refractivity contribution in [2.45, 2.75) is 39.8 Å². The summed E-state index contributed by atoms with van der Waals surface area (Å²) in [6.45, 7) is 5.84. The molecule has 150 valence electrons. The molecule has 9 nitrogen and oxygen atoms in total. The molecular weight excluding hydrogens is 374 g/mol. The number of nitrogens with zero attached hydrogens (tertiary/aromatic N) is 1. The summed E-state index contributed by atoms with van der Waals surface area (Å²) in [6, 6.07) is 5.78. The number of carbonyl (C=O) groups excluding carboxylic acids is 3. The molecule has 1 rings (SSSR count). The van der Waals surface area contributed by atoms with Gasteiger partial charge < -0.3 is 10.1 Å². The number of anilines is 1. The van der Waals surface area contributed by atoms with Gasteiger partial charge in [-0.3, -0.25) is 19.2 Å². The molecule has 1 atom stereocenters. The van der Waals surface area contributed by atoms with Gasteiger partial charge in [0.25, 0.3) is 5.91 Å². The van der Waals surface area contributed by atoms with E-state index in [9.17, 15) is 22.8 Å². The minimum atomic E-state index is -3.76. The fourth-order valence-corrected chi connectivity index (χ4v) is 3.04. The van der Waals surface area contributed by atoms with Gasteiger partial charge in [-0.15, -0.1) is 0 Å². The van der Waals surface area contributed by atoms with E-state index in [-0.39, 0.29) is 6.04 Å². The molecule has 0 unspecified atom stereocenters. The number of imide groups is 1. The highest BCUT2D eigenvalue weighted by Crippen LogP contribution is 2.21.